The quantitative estimate of drug-likeness (QED) is 0.849. The van der Waals surface area contributed by atoms with Gasteiger partial charge in [0, 0.05) is 12.7 Å². The molecule has 3 nitrogen and oxygen atoms in total. The molecule has 2 N–H and O–H groups in total. The second kappa shape index (κ2) is 5.54. The summed E-state index contributed by atoms with van der Waals surface area (Å²) in [6.07, 6.45) is 3.62. The van der Waals surface area contributed by atoms with E-state index in [1.165, 1.54) is 5.56 Å². The van der Waals surface area contributed by atoms with Crippen molar-refractivity contribution < 1.29 is 0 Å². The zero-order valence-electron chi connectivity index (χ0n) is 11.1. The van der Waals surface area contributed by atoms with E-state index in [1.54, 1.807) is 6.20 Å². The van der Waals surface area contributed by atoms with Crippen LogP contribution >= 0.6 is 0 Å². The lowest BCUT2D eigenvalue weighted by Crippen LogP contribution is -1.95. The molecule has 0 aliphatic carbocycles. The smallest absolute Gasteiger partial charge is 0.0591 e. The number of anilines is 3. The summed E-state index contributed by atoms with van der Waals surface area (Å²) in [7, 11) is 1.89. The third kappa shape index (κ3) is 3.00. The molecular weight excluding hydrogens is 222 g/mol. The molecule has 1 aromatic carbocycles. The lowest BCUT2D eigenvalue weighted by molar-refractivity contribution is 0.867. The van der Waals surface area contributed by atoms with E-state index in [-0.39, 0.29) is 0 Å². The number of nitrogens with zero attached hydrogens (tertiary/aromatic N) is 1. The minimum absolute atomic E-state index is 0.536. The molecule has 0 radical (unpaired) electrons. The summed E-state index contributed by atoms with van der Waals surface area (Å²) in [6.45, 7) is 4.39. The van der Waals surface area contributed by atoms with E-state index in [1.807, 2.05) is 19.3 Å². The van der Waals surface area contributed by atoms with Gasteiger partial charge in [0.05, 0.1) is 23.8 Å². The molecule has 0 amide bonds. The molecule has 0 fully saturated rings. The number of benzene rings is 1. The highest BCUT2D eigenvalue weighted by atomic mass is 14.9. The van der Waals surface area contributed by atoms with Crippen molar-refractivity contribution in [3.63, 3.8) is 0 Å². The topological polar surface area (TPSA) is 37.0 Å². The summed E-state index contributed by atoms with van der Waals surface area (Å²) in [4.78, 5) is 4.18. The highest BCUT2D eigenvalue weighted by Gasteiger charge is 2.01. The van der Waals surface area contributed by atoms with E-state index in [4.69, 9.17) is 0 Å². The molecule has 2 rings (SSSR count). The van der Waals surface area contributed by atoms with Gasteiger partial charge in [0.25, 0.3) is 0 Å². The largest absolute Gasteiger partial charge is 0.387 e. The van der Waals surface area contributed by atoms with E-state index in [9.17, 15) is 0 Å². The maximum Gasteiger partial charge on any atom is 0.0591 e. The van der Waals surface area contributed by atoms with Crippen LogP contribution in [-0.2, 0) is 0 Å². The average Bonchev–Trinajstić information content (AvgIpc) is 2.39. The number of aromatic nitrogens is 1. The third-order valence-electron chi connectivity index (χ3n) is 2.87. The number of hydrogen-bond acceptors (Lipinski definition) is 3. The van der Waals surface area contributed by atoms with Crippen molar-refractivity contribution in [3.05, 3.63) is 48.3 Å². The number of nitrogens with one attached hydrogen (secondary N) is 2. The SMILES string of the molecule is CNc1cncc(Nc2cccc(C(C)C)c2)c1. The third-order valence-corrected chi connectivity index (χ3v) is 2.87. The normalized spacial score (nSPS) is 10.4. The van der Waals surface area contributed by atoms with Crippen molar-refractivity contribution in [2.24, 2.45) is 0 Å². The Morgan fingerprint density at radius 2 is 1.78 bits per heavy atom. The standard InChI is InChI=1S/C15H19N3/c1-11(2)12-5-4-6-13(7-12)18-15-8-14(16-3)9-17-10-15/h4-11,16,18H,1-3H3. The Morgan fingerprint density at radius 1 is 1.00 bits per heavy atom. The van der Waals surface area contributed by atoms with Crippen LogP contribution in [0.15, 0.2) is 42.7 Å². The van der Waals surface area contributed by atoms with Crippen LogP contribution in [-0.4, -0.2) is 12.0 Å². The molecule has 0 aliphatic heterocycles. The van der Waals surface area contributed by atoms with Crippen molar-refractivity contribution >= 4 is 17.1 Å². The first-order valence-electron chi connectivity index (χ1n) is 6.19. The number of rotatable bonds is 4. The fourth-order valence-corrected chi connectivity index (χ4v) is 1.79. The summed E-state index contributed by atoms with van der Waals surface area (Å²) in [5.74, 6) is 0.536. The summed E-state index contributed by atoms with van der Waals surface area (Å²) in [6, 6.07) is 10.5. The van der Waals surface area contributed by atoms with Crippen molar-refractivity contribution in [1.29, 1.82) is 0 Å². The first-order valence-corrected chi connectivity index (χ1v) is 6.19. The van der Waals surface area contributed by atoms with Gasteiger partial charge < -0.3 is 10.6 Å². The number of pyridine rings is 1. The molecular formula is C15H19N3. The molecule has 2 aromatic rings. The Bertz CT molecular complexity index is 521. The Morgan fingerprint density at radius 3 is 2.50 bits per heavy atom. The molecule has 0 atom stereocenters. The average molecular weight is 241 g/mol. The second-order valence-corrected chi connectivity index (χ2v) is 4.62. The van der Waals surface area contributed by atoms with Crippen LogP contribution in [0.3, 0.4) is 0 Å². The molecule has 0 spiro atoms. The van der Waals surface area contributed by atoms with Crippen molar-refractivity contribution in [1.82, 2.24) is 4.98 Å². The Labute approximate surface area is 108 Å². The molecule has 1 aromatic heterocycles. The first kappa shape index (κ1) is 12.4. The minimum atomic E-state index is 0.536. The highest BCUT2D eigenvalue weighted by Crippen LogP contribution is 2.22. The summed E-state index contributed by atoms with van der Waals surface area (Å²) < 4.78 is 0. The Kier molecular flexibility index (Phi) is 3.82. The van der Waals surface area contributed by atoms with E-state index in [2.05, 4.69) is 53.7 Å². The Hall–Kier alpha value is -2.03. The van der Waals surface area contributed by atoms with Crippen LogP contribution in [0.2, 0.25) is 0 Å². The van der Waals surface area contributed by atoms with Crippen LogP contribution < -0.4 is 10.6 Å². The molecule has 0 aliphatic rings. The second-order valence-electron chi connectivity index (χ2n) is 4.62. The maximum absolute atomic E-state index is 4.18. The Balaban J connectivity index is 2.20. The van der Waals surface area contributed by atoms with Gasteiger partial charge in [-0.05, 0) is 29.7 Å². The minimum Gasteiger partial charge on any atom is -0.387 e. The summed E-state index contributed by atoms with van der Waals surface area (Å²) in [5.41, 5.74) is 4.41. The van der Waals surface area contributed by atoms with Crippen LogP contribution in [0.4, 0.5) is 17.1 Å². The van der Waals surface area contributed by atoms with Gasteiger partial charge in [-0.3, -0.25) is 4.98 Å². The molecule has 0 bridgehead atoms. The van der Waals surface area contributed by atoms with E-state index in [0.717, 1.165) is 17.1 Å². The predicted octanol–water partition coefficient (Wildman–Crippen LogP) is 3.99. The first-order chi connectivity index (χ1) is 8.69. The van der Waals surface area contributed by atoms with Crippen LogP contribution in [0.1, 0.15) is 25.3 Å². The zero-order valence-corrected chi connectivity index (χ0v) is 11.1. The van der Waals surface area contributed by atoms with Crippen molar-refractivity contribution in [2.45, 2.75) is 19.8 Å². The molecule has 1 heterocycles. The lowest BCUT2D eigenvalue weighted by Gasteiger charge is -2.11. The maximum atomic E-state index is 4.18. The van der Waals surface area contributed by atoms with E-state index in [0.29, 0.717) is 5.92 Å². The van der Waals surface area contributed by atoms with Gasteiger partial charge in [0.15, 0.2) is 0 Å². The molecule has 94 valence electrons. The van der Waals surface area contributed by atoms with Crippen LogP contribution in [0.25, 0.3) is 0 Å². The number of hydrogen-bond donors (Lipinski definition) is 2. The van der Waals surface area contributed by atoms with Gasteiger partial charge in [-0.15, -0.1) is 0 Å². The molecule has 3 heteroatoms. The molecule has 0 saturated carbocycles. The van der Waals surface area contributed by atoms with Gasteiger partial charge >= 0.3 is 0 Å². The van der Waals surface area contributed by atoms with Crippen LogP contribution in [0.5, 0.6) is 0 Å². The molecule has 0 unspecified atom stereocenters. The van der Waals surface area contributed by atoms with Crippen LogP contribution in [0, 0.1) is 0 Å². The fraction of sp³-hybridized carbons (Fsp3) is 0.267. The summed E-state index contributed by atoms with van der Waals surface area (Å²) in [5, 5.41) is 6.45. The summed E-state index contributed by atoms with van der Waals surface area (Å²) >= 11 is 0. The van der Waals surface area contributed by atoms with Gasteiger partial charge in [-0.25, -0.2) is 0 Å². The fourth-order valence-electron chi connectivity index (χ4n) is 1.79. The highest BCUT2D eigenvalue weighted by molar-refractivity contribution is 5.63. The van der Waals surface area contributed by atoms with Gasteiger partial charge in [0.2, 0.25) is 0 Å². The zero-order chi connectivity index (χ0) is 13.0. The van der Waals surface area contributed by atoms with Crippen molar-refractivity contribution in [3.8, 4) is 0 Å². The molecule has 18 heavy (non-hydrogen) atoms. The van der Waals surface area contributed by atoms with E-state index < -0.39 is 0 Å². The predicted molar refractivity (Wildman–Crippen MR) is 77.6 cm³/mol. The van der Waals surface area contributed by atoms with Crippen molar-refractivity contribution in [2.75, 3.05) is 17.7 Å². The molecule has 0 saturated heterocycles. The van der Waals surface area contributed by atoms with Gasteiger partial charge in [-0.1, -0.05) is 26.0 Å². The lowest BCUT2D eigenvalue weighted by atomic mass is 10.0. The monoisotopic (exact) mass is 241 g/mol. The van der Waals surface area contributed by atoms with E-state index >= 15 is 0 Å². The van der Waals surface area contributed by atoms with Gasteiger partial charge in [-0.2, -0.15) is 0 Å². The van der Waals surface area contributed by atoms with Gasteiger partial charge in [0.1, 0.15) is 0 Å².